The number of benzene rings is 1. The molecule has 0 atom stereocenters. The highest BCUT2D eigenvalue weighted by Gasteiger charge is 2.41. The summed E-state index contributed by atoms with van der Waals surface area (Å²) in [5.74, 6) is 0.807. The van der Waals surface area contributed by atoms with Crippen molar-refractivity contribution in [2.24, 2.45) is 5.73 Å². The molecular weight excluding hydrogens is 197 g/mol. The van der Waals surface area contributed by atoms with E-state index in [0.717, 1.165) is 19.3 Å². The highest BCUT2D eigenvalue weighted by atomic mass is 19.1. The Balaban J connectivity index is 2.17. The van der Waals surface area contributed by atoms with Crippen LogP contribution >= 0.6 is 0 Å². The summed E-state index contributed by atoms with van der Waals surface area (Å²) in [6, 6.07) is 2.99. The highest BCUT2D eigenvalue weighted by Crippen LogP contribution is 2.48. The van der Waals surface area contributed by atoms with Gasteiger partial charge in [0.2, 0.25) is 6.79 Å². The van der Waals surface area contributed by atoms with Gasteiger partial charge < -0.3 is 15.2 Å². The number of hydrogen-bond donors (Lipinski definition) is 1. The number of halogens is 1. The van der Waals surface area contributed by atoms with E-state index in [9.17, 15) is 4.39 Å². The molecule has 1 aliphatic carbocycles. The van der Waals surface area contributed by atoms with Gasteiger partial charge in [-0.05, 0) is 31.4 Å². The third-order valence-electron chi connectivity index (χ3n) is 3.23. The lowest BCUT2D eigenvalue weighted by atomic mass is 9.72. The summed E-state index contributed by atoms with van der Waals surface area (Å²) in [6.45, 7) is 0.155. The normalized spacial score (nSPS) is 21.2. The standard InChI is InChI=1S/C11H12FNO2/c12-7-2-3-8-10(15-6-14-8)9(7)11(13)4-1-5-11/h2-3H,1,4-6,13H2. The lowest BCUT2D eigenvalue weighted by molar-refractivity contribution is 0.167. The molecule has 0 aromatic heterocycles. The van der Waals surface area contributed by atoms with Gasteiger partial charge in [0.05, 0.1) is 5.56 Å². The van der Waals surface area contributed by atoms with Gasteiger partial charge in [0.1, 0.15) is 5.82 Å². The zero-order valence-corrected chi connectivity index (χ0v) is 8.25. The maximum atomic E-state index is 13.7. The average Bonchev–Trinajstić information content (AvgIpc) is 2.62. The molecule has 1 heterocycles. The maximum absolute atomic E-state index is 13.7. The Morgan fingerprint density at radius 2 is 2.07 bits per heavy atom. The first-order valence-electron chi connectivity index (χ1n) is 5.08. The minimum Gasteiger partial charge on any atom is -0.454 e. The molecule has 0 radical (unpaired) electrons. The fraction of sp³-hybridized carbons (Fsp3) is 0.455. The number of hydrogen-bond acceptors (Lipinski definition) is 3. The molecule has 0 unspecified atom stereocenters. The van der Waals surface area contributed by atoms with Crippen molar-refractivity contribution in [1.82, 2.24) is 0 Å². The Morgan fingerprint density at radius 3 is 2.73 bits per heavy atom. The van der Waals surface area contributed by atoms with Crippen LogP contribution < -0.4 is 15.2 Å². The molecule has 1 aromatic rings. The molecule has 1 aliphatic heterocycles. The van der Waals surface area contributed by atoms with Crippen LogP contribution in [0.1, 0.15) is 24.8 Å². The van der Waals surface area contributed by atoms with Gasteiger partial charge in [-0.2, -0.15) is 0 Å². The Labute approximate surface area is 87.0 Å². The van der Waals surface area contributed by atoms with Gasteiger partial charge in [-0.3, -0.25) is 0 Å². The molecular formula is C11H12FNO2. The Kier molecular flexibility index (Phi) is 1.71. The zero-order valence-electron chi connectivity index (χ0n) is 8.25. The van der Waals surface area contributed by atoms with Crippen molar-refractivity contribution in [3.8, 4) is 11.5 Å². The molecule has 0 spiro atoms. The van der Waals surface area contributed by atoms with E-state index >= 15 is 0 Å². The molecule has 15 heavy (non-hydrogen) atoms. The summed E-state index contributed by atoms with van der Waals surface area (Å²) in [7, 11) is 0. The van der Waals surface area contributed by atoms with Gasteiger partial charge >= 0.3 is 0 Å². The van der Waals surface area contributed by atoms with Crippen LogP contribution in [0.15, 0.2) is 12.1 Å². The van der Waals surface area contributed by atoms with Gasteiger partial charge in [0.15, 0.2) is 11.5 Å². The zero-order chi connectivity index (χ0) is 10.5. The predicted octanol–water partition coefficient (Wildman–Crippen LogP) is 1.89. The molecule has 3 rings (SSSR count). The lowest BCUT2D eigenvalue weighted by Gasteiger charge is -2.39. The first-order valence-corrected chi connectivity index (χ1v) is 5.08. The van der Waals surface area contributed by atoms with Crippen molar-refractivity contribution < 1.29 is 13.9 Å². The van der Waals surface area contributed by atoms with Crippen molar-refractivity contribution >= 4 is 0 Å². The van der Waals surface area contributed by atoms with Gasteiger partial charge in [0, 0.05) is 5.54 Å². The average molecular weight is 209 g/mol. The van der Waals surface area contributed by atoms with E-state index in [1.54, 1.807) is 6.07 Å². The van der Waals surface area contributed by atoms with Crippen LogP contribution in [0.3, 0.4) is 0 Å². The topological polar surface area (TPSA) is 44.5 Å². The van der Waals surface area contributed by atoms with Crippen LogP contribution in [0, 0.1) is 5.82 Å². The highest BCUT2D eigenvalue weighted by molar-refractivity contribution is 5.52. The molecule has 0 bridgehead atoms. The van der Waals surface area contributed by atoms with Crippen molar-refractivity contribution in [2.45, 2.75) is 24.8 Å². The Bertz CT molecular complexity index is 415. The van der Waals surface area contributed by atoms with Gasteiger partial charge in [0.25, 0.3) is 0 Å². The molecule has 0 saturated heterocycles. The lowest BCUT2D eigenvalue weighted by Crippen LogP contribution is -2.44. The minimum atomic E-state index is -0.552. The summed E-state index contributed by atoms with van der Waals surface area (Å²) in [6.07, 6.45) is 2.66. The van der Waals surface area contributed by atoms with E-state index in [-0.39, 0.29) is 12.6 Å². The van der Waals surface area contributed by atoms with E-state index in [4.69, 9.17) is 15.2 Å². The van der Waals surface area contributed by atoms with Crippen LogP contribution in [-0.2, 0) is 5.54 Å². The summed E-state index contributed by atoms with van der Waals surface area (Å²) in [4.78, 5) is 0. The molecule has 80 valence electrons. The quantitative estimate of drug-likeness (QED) is 0.768. The summed E-state index contributed by atoms with van der Waals surface area (Å²) >= 11 is 0. The summed E-state index contributed by atoms with van der Waals surface area (Å²) in [5, 5.41) is 0. The SMILES string of the molecule is NC1(c2c(F)ccc3c2OCO3)CCC1. The third-order valence-corrected chi connectivity index (χ3v) is 3.23. The largest absolute Gasteiger partial charge is 0.454 e. The summed E-state index contributed by atoms with van der Waals surface area (Å²) < 4.78 is 24.2. The number of fused-ring (bicyclic) bond motifs is 1. The predicted molar refractivity (Wildman–Crippen MR) is 52.2 cm³/mol. The van der Waals surface area contributed by atoms with Crippen LogP contribution in [0.25, 0.3) is 0 Å². The molecule has 0 amide bonds. The van der Waals surface area contributed by atoms with Gasteiger partial charge in [-0.25, -0.2) is 4.39 Å². The number of ether oxygens (including phenoxy) is 2. The van der Waals surface area contributed by atoms with E-state index in [0.29, 0.717) is 17.1 Å². The molecule has 1 aromatic carbocycles. The Morgan fingerprint density at radius 1 is 1.27 bits per heavy atom. The minimum absolute atomic E-state index is 0.155. The van der Waals surface area contributed by atoms with E-state index in [1.807, 2.05) is 0 Å². The molecule has 1 saturated carbocycles. The molecule has 2 aliphatic rings. The van der Waals surface area contributed by atoms with Crippen molar-refractivity contribution in [3.63, 3.8) is 0 Å². The summed E-state index contributed by atoms with van der Waals surface area (Å²) in [5.41, 5.74) is 6.06. The molecule has 2 N–H and O–H groups in total. The van der Waals surface area contributed by atoms with Crippen molar-refractivity contribution in [1.29, 1.82) is 0 Å². The van der Waals surface area contributed by atoms with Crippen molar-refractivity contribution in [3.05, 3.63) is 23.5 Å². The first kappa shape index (κ1) is 8.97. The molecule has 3 nitrogen and oxygen atoms in total. The van der Waals surface area contributed by atoms with Gasteiger partial charge in [-0.15, -0.1) is 0 Å². The van der Waals surface area contributed by atoms with E-state index < -0.39 is 5.54 Å². The maximum Gasteiger partial charge on any atom is 0.231 e. The number of nitrogens with two attached hydrogens (primary N) is 1. The molecule has 4 heteroatoms. The van der Waals surface area contributed by atoms with Crippen LogP contribution in [0.2, 0.25) is 0 Å². The van der Waals surface area contributed by atoms with Gasteiger partial charge in [-0.1, -0.05) is 0 Å². The van der Waals surface area contributed by atoms with E-state index in [1.165, 1.54) is 6.07 Å². The fourth-order valence-electron chi connectivity index (χ4n) is 2.22. The van der Waals surface area contributed by atoms with E-state index in [2.05, 4.69) is 0 Å². The van der Waals surface area contributed by atoms with Crippen LogP contribution in [-0.4, -0.2) is 6.79 Å². The second-order valence-corrected chi connectivity index (χ2v) is 4.17. The second-order valence-electron chi connectivity index (χ2n) is 4.17. The smallest absolute Gasteiger partial charge is 0.231 e. The second kappa shape index (κ2) is 2.85. The number of rotatable bonds is 1. The van der Waals surface area contributed by atoms with Crippen LogP contribution in [0.4, 0.5) is 4.39 Å². The fourth-order valence-corrected chi connectivity index (χ4v) is 2.22. The van der Waals surface area contributed by atoms with Crippen LogP contribution in [0.5, 0.6) is 11.5 Å². The Hall–Kier alpha value is -1.29. The molecule has 1 fully saturated rings. The van der Waals surface area contributed by atoms with Crippen molar-refractivity contribution in [2.75, 3.05) is 6.79 Å². The first-order chi connectivity index (χ1) is 7.21. The monoisotopic (exact) mass is 209 g/mol. The third kappa shape index (κ3) is 1.14.